The number of hydrogen-bond donors (Lipinski definition) is 3. The number of nitrogens with one attached hydrogen (secondary N) is 1. The first-order valence-corrected chi connectivity index (χ1v) is 8.82. The Morgan fingerprint density at radius 3 is 1.96 bits per heavy atom. The molecule has 2 aromatic carbocycles. The van der Waals surface area contributed by atoms with E-state index in [1.54, 1.807) is 42.5 Å². The van der Waals surface area contributed by atoms with Crippen molar-refractivity contribution in [3.05, 3.63) is 53.6 Å². The smallest absolute Gasteiger partial charge is 0.113 e. The van der Waals surface area contributed by atoms with Crippen molar-refractivity contribution in [2.45, 2.75) is 13.2 Å². The van der Waals surface area contributed by atoms with E-state index < -0.39 is 16.0 Å². The van der Waals surface area contributed by atoms with Gasteiger partial charge in [-0.1, -0.05) is 6.07 Å². The Balaban J connectivity index is 2.10. The summed E-state index contributed by atoms with van der Waals surface area (Å²) in [5.41, 5.74) is 2.60. The molecule has 2 aromatic rings. The lowest BCUT2D eigenvalue weighted by atomic mass is 10.1. The van der Waals surface area contributed by atoms with Crippen LogP contribution in [-0.2, 0) is 33.1 Å². The van der Waals surface area contributed by atoms with Crippen LogP contribution < -0.4 is 5.32 Å². The summed E-state index contributed by atoms with van der Waals surface area (Å²) in [6.07, 6.45) is 0. The third kappa shape index (κ3) is 6.84. The van der Waals surface area contributed by atoms with Gasteiger partial charge in [-0.3, -0.25) is 10.5 Å². The van der Waals surface area contributed by atoms with Crippen molar-refractivity contribution < 1.29 is 33.3 Å². The zero-order valence-corrected chi connectivity index (χ0v) is 14.2. The molecule has 0 aliphatic heterocycles. The van der Waals surface area contributed by atoms with E-state index in [4.69, 9.17) is 10.5 Å². The SMILES string of the molecule is O=S(=O)([O-])CNc1ccc(N=Nc2cc(COO)cc(COO)c2)cc1. The van der Waals surface area contributed by atoms with E-state index in [1.807, 2.05) is 0 Å². The lowest BCUT2D eigenvalue weighted by molar-refractivity contribution is -0.254. The molecule has 26 heavy (non-hydrogen) atoms. The van der Waals surface area contributed by atoms with Crippen molar-refractivity contribution in [2.75, 3.05) is 11.2 Å². The van der Waals surface area contributed by atoms with Crippen molar-refractivity contribution in [1.29, 1.82) is 0 Å². The van der Waals surface area contributed by atoms with Crippen LogP contribution in [0.5, 0.6) is 0 Å². The van der Waals surface area contributed by atoms with Gasteiger partial charge in [0.15, 0.2) is 0 Å². The molecule has 11 heteroatoms. The molecule has 0 aliphatic rings. The van der Waals surface area contributed by atoms with Gasteiger partial charge in [0.25, 0.3) is 0 Å². The van der Waals surface area contributed by atoms with Crippen LogP contribution in [0.2, 0.25) is 0 Å². The molecule has 0 bridgehead atoms. The van der Waals surface area contributed by atoms with Gasteiger partial charge in [-0.15, -0.1) is 0 Å². The Morgan fingerprint density at radius 1 is 0.923 bits per heavy atom. The van der Waals surface area contributed by atoms with E-state index >= 15 is 0 Å². The van der Waals surface area contributed by atoms with Crippen LogP contribution in [0.15, 0.2) is 52.7 Å². The normalized spacial score (nSPS) is 11.8. The van der Waals surface area contributed by atoms with Gasteiger partial charge in [-0.2, -0.15) is 10.2 Å². The Hall–Kier alpha value is -2.41. The van der Waals surface area contributed by atoms with E-state index in [0.717, 1.165) is 0 Å². The molecule has 0 unspecified atom stereocenters. The molecule has 0 heterocycles. The van der Waals surface area contributed by atoms with Gasteiger partial charge in [-0.05, 0) is 47.5 Å². The summed E-state index contributed by atoms with van der Waals surface area (Å²) in [5, 5.41) is 27.7. The number of anilines is 1. The Morgan fingerprint density at radius 2 is 1.46 bits per heavy atom. The summed E-state index contributed by atoms with van der Waals surface area (Å²) in [4.78, 5) is 8.18. The van der Waals surface area contributed by atoms with Crippen molar-refractivity contribution in [1.82, 2.24) is 0 Å². The van der Waals surface area contributed by atoms with Crippen LogP contribution in [-0.4, -0.2) is 29.4 Å². The minimum absolute atomic E-state index is 0.0647. The molecular weight excluding hydrogens is 366 g/mol. The number of rotatable bonds is 9. The Labute approximate surface area is 149 Å². The Bertz CT molecular complexity index is 830. The fourth-order valence-electron chi connectivity index (χ4n) is 2.05. The topological polar surface area (TPSA) is 153 Å². The number of nitrogens with zero attached hydrogens (tertiary/aromatic N) is 2. The van der Waals surface area contributed by atoms with E-state index in [2.05, 4.69) is 25.3 Å². The molecule has 0 amide bonds. The molecule has 0 spiro atoms. The second-order valence-electron chi connectivity index (χ2n) is 5.18. The molecule has 0 aromatic heterocycles. The standard InChI is InChI=1S/C15H17N3O7S/c19-24-8-11-5-12(9-25-20)7-15(6-11)18-17-14-3-1-13(2-4-14)16-10-26(21,22)23/h1-7,16,19-20H,8-10H2,(H,21,22,23)/p-1. The third-order valence-electron chi connectivity index (χ3n) is 3.10. The number of hydrogen-bond acceptors (Lipinski definition) is 10. The highest BCUT2D eigenvalue weighted by Crippen LogP contribution is 2.23. The summed E-state index contributed by atoms with van der Waals surface area (Å²) in [5.74, 6) is -0.705. The predicted octanol–water partition coefficient (Wildman–Crippen LogP) is 3.00. The Kier molecular flexibility index (Phi) is 7.15. The van der Waals surface area contributed by atoms with Crippen LogP contribution in [0.3, 0.4) is 0 Å². The zero-order valence-electron chi connectivity index (χ0n) is 13.4. The highest BCUT2D eigenvalue weighted by molar-refractivity contribution is 7.85. The molecule has 0 saturated carbocycles. The average molecular weight is 382 g/mol. The minimum Gasteiger partial charge on any atom is -0.747 e. The van der Waals surface area contributed by atoms with Crippen molar-refractivity contribution in [3.8, 4) is 0 Å². The van der Waals surface area contributed by atoms with E-state index in [9.17, 15) is 13.0 Å². The van der Waals surface area contributed by atoms with Gasteiger partial charge in [0, 0.05) is 5.69 Å². The first-order valence-electron chi connectivity index (χ1n) is 7.24. The zero-order chi connectivity index (χ0) is 19.0. The summed E-state index contributed by atoms with van der Waals surface area (Å²) in [7, 11) is -4.36. The lowest BCUT2D eigenvalue weighted by Gasteiger charge is -2.09. The van der Waals surface area contributed by atoms with Crippen molar-refractivity contribution in [3.63, 3.8) is 0 Å². The predicted molar refractivity (Wildman–Crippen MR) is 90.1 cm³/mol. The van der Waals surface area contributed by atoms with Gasteiger partial charge in [0.05, 0.1) is 11.4 Å². The van der Waals surface area contributed by atoms with E-state index in [1.165, 1.54) is 0 Å². The highest BCUT2D eigenvalue weighted by atomic mass is 32.2. The molecule has 0 radical (unpaired) electrons. The summed E-state index contributed by atoms with van der Waals surface area (Å²) < 4.78 is 31.7. The molecule has 3 N–H and O–H groups in total. The largest absolute Gasteiger partial charge is 0.747 e. The molecule has 0 atom stereocenters. The maximum absolute atomic E-state index is 10.6. The van der Waals surface area contributed by atoms with E-state index in [0.29, 0.717) is 28.2 Å². The van der Waals surface area contributed by atoms with Crippen LogP contribution in [0.25, 0.3) is 0 Å². The minimum atomic E-state index is -4.36. The van der Waals surface area contributed by atoms with Crippen LogP contribution >= 0.6 is 0 Å². The highest BCUT2D eigenvalue weighted by Gasteiger charge is 2.03. The summed E-state index contributed by atoms with van der Waals surface area (Å²) in [6.45, 7) is -0.129. The summed E-state index contributed by atoms with van der Waals surface area (Å²) >= 11 is 0. The molecule has 2 rings (SSSR count). The fraction of sp³-hybridized carbons (Fsp3) is 0.200. The maximum atomic E-state index is 10.6. The molecule has 0 saturated heterocycles. The number of benzene rings is 2. The molecule has 0 aliphatic carbocycles. The lowest BCUT2D eigenvalue weighted by Crippen LogP contribution is -2.12. The third-order valence-corrected chi connectivity index (χ3v) is 3.60. The van der Waals surface area contributed by atoms with Gasteiger partial charge in [0.1, 0.15) is 29.2 Å². The average Bonchev–Trinajstić information content (AvgIpc) is 2.59. The van der Waals surface area contributed by atoms with Gasteiger partial charge in [0.2, 0.25) is 0 Å². The molecule has 0 fully saturated rings. The van der Waals surface area contributed by atoms with Crippen LogP contribution in [0.4, 0.5) is 17.1 Å². The van der Waals surface area contributed by atoms with E-state index in [-0.39, 0.29) is 13.2 Å². The maximum Gasteiger partial charge on any atom is 0.113 e. The quantitative estimate of drug-likeness (QED) is 0.259. The first-order chi connectivity index (χ1) is 12.4. The second-order valence-corrected chi connectivity index (χ2v) is 6.58. The first kappa shape index (κ1) is 19.9. The van der Waals surface area contributed by atoms with Crippen molar-refractivity contribution in [2.24, 2.45) is 10.2 Å². The molecule has 140 valence electrons. The van der Waals surface area contributed by atoms with Crippen LogP contribution in [0.1, 0.15) is 11.1 Å². The van der Waals surface area contributed by atoms with Crippen molar-refractivity contribution >= 4 is 27.2 Å². The van der Waals surface area contributed by atoms with Gasteiger partial charge < -0.3 is 9.87 Å². The molecular formula is C15H16N3O7S-. The van der Waals surface area contributed by atoms with Gasteiger partial charge in [-0.25, -0.2) is 18.2 Å². The monoisotopic (exact) mass is 382 g/mol. The molecule has 10 nitrogen and oxygen atoms in total. The van der Waals surface area contributed by atoms with Gasteiger partial charge >= 0.3 is 0 Å². The van der Waals surface area contributed by atoms with Crippen LogP contribution in [0, 0.1) is 0 Å². The number of azo groups is 1. The summed E-state index contributed by atoms with van der Waals surface area (Å²) in [6, 6.07) is 11.2. The fourth-order valence-corrected chi connectivity index (χ4v) is 2.39. The second kappa shape index (κ2) is 9.33.